The maximum atomic E-state index is 11.6. The van der Waals surface area contributed by atoms with E-state index < -0.39 is 0 Å². The third kappa shape index (κ3) is 2.53. The van der Waals surface area contributed by atoms with Gasteiger partial charge in [-0.1, -0.05) is 30.3 Å². The van der Waals surface area contributed by atoms with Gasteiger partial charge in [-0.15, -0.1) is 0 Å². The van der Waals surface area contributed by atoms with Crippen molar-refractivity contribution in [1.29, 1.82) is 0 Å². The molecule has 0 spiro atoms. The number of aromatic nitrogens is 2. The summed E-state index contributed by atoms with van der Waals surface area (Å²) in [6.45, 7) is 0. The third-order valence-corrected chi connectivity index (χ3v) is 2.26. The van der Waals surface area contributed by atoms with Crippen LogP contribution in [0, 0.1) is 0 Å². The second kappa shape index (κ2) is 4.55. The van der Waals surface area contributed by atoms with Crippen molar-refractivity contribution in [2.75, 3.05) is 0 Å². The van der Waals surface area contributed by atoms with Crippen LogP contribution in [-0.4, -0.2) is 15.5 Å². The van der Waals surface area contributed by atoms with Gasteiger partial charge in [0.1, 0.15) is 6.33 Å². The van der Waals surface area contributed by atoms with Crippen LogP contribution < -0.4 is 0 Å². The fraction of sp³-hybridized carbons (Fsp3) is 0.167. The summed E-state index contributed by atoms with van der Waals surface area (Å²) in [5.41, 5.74) is 1.19. The molecule has 2 rings (SSSR count). The summed E-state index contributed by atoms with van der Waals surface area (Å²) < 4.78 is 1.52. The molecular formula is C12H12N2O. The molecule has 0 N–H and O–H groups in total. The van der Waals surface area contributed by atoms with Crippen molar-refractivity contribution in [3.63, 3.8) is 0 Å². The molecule has 0 fully saturated rings. The first-order valence-electron chi connectivity index (χ1n) is 4.91. The second-order valence-electron chi connectivity index (χ2n) is 3.35. The highest BCUT2D eigenvalue weighted by Gasteiger charge is 2.03. The summed E-state index contributed by atoms with van der Waals surface area (Å²) in [7, 11) is 0. The Bertz CT molecular complexity index is 420. The van der Waals surface area contributed by atoms with E-state index in [1.54, 1.807) is 12.4 Å². The Balaban J connectivity index is 1.92. The van der Waals surface area contributed by atoms with Crippen LogP contribution in [0.25, 0.3) is 0 Å². The van der Waals surface area contributed by atoms with Crippen LogP contribution in [0.2, 0.25) is 0 Å². The molecule has 1 aromatic carbocycles. The van der Waals surface area contributed by atoms with E-state index in [9.17, 15) is 4.79 Å². The van der Waals surface area contributed by atoms with Crippen molar-refractivity contribution in [2.45, 2.75) is 12.8 Å². The van der Waals surface area contributed by atoms with Gasteiger partial charge >= 0.3 is 0 Å². The van der Waals surface area contributed by atoms with Crippen LogP contribution in [0.1, 0.15) is 16.8 Å². The fourth-order valence-corrected chi connectivity index (χ4v) is 1.43. The molecule has 0 aliphatic rings. The Morgan fingerprint density at radius 1 is 1.27 bits per heavy atom. The summed E-state index contributed by atoms with van der Waals surface area (Å²) in [6.07, 6.45) is 6.11. The second-order valence-corrected chi connectivity index (χ2v) is 3.35. The number of aryl methyl sites for hydroxylation is 1. The molecule has 0 saturated heterocycles. The van der Waals surface area contributed by atoms with Gasteiger partial charge in [0.15, 0.2) is 0 Å². The number of carbonyl (C=O) groups excluding carboxylic acids is 1. The first-order valence-corrected chi connectivity index (χ1v) is 4.91. The van der Waals surface area contributed by atoms with Crippen molar-refractivity contribution in [3.8, 4) is 0 Å². The van der Waals surface area contributed by atoms with E-state index in [0.717, 1.165) is 6.42 Å². The lowest BCUT2D eigenvalue weighted by Crippen LogP contribution is -2.08. The molecule has 3 nitrogen and oxygen atoms in total. The van der Waals surface area contributed by atoms with E-state index >= 15 is 0 Å². The van der Waals surface area contributed by atoms with Crippen LogP contribution in [0.3, 0.4) is 0 Å². The summed E-state index contributed by atoms with van der Waals surface area (Å²) in [5.74, 6) is 0.0800. The maximum absolute atomic E-state index is 11.6. The number of benzene rings is 1. The molecule has 0 aliphatic heterocycles. The molecule has 0 aliphatic carbocycles. The average Bonchev–Trinajstić information content (AvgIpc) is 2.81. The molecule has 1 heterocycles. The monoisotopic (exact) mass is 200 g/mol. The molecular weight excluding hydrogens is 188 g/mol. The Hall–Kier alpha value is -1.90. The maximum Gasteiger partial charge on any atom is 0.232 e. The van der Waals surface area contributed by atoms with Crippen LogP contribution in [-0.2, 0) is 6.42 Å². The molecule has 76 valence electrons. The van der Waals surface area contributed by atoms with Crippen molar-refractivity contribution < 1.29 is 4.79 Å². The molecule has 3 heteroatoms. The highest BCUT2D eigenvalue weighted by molar-refractivity contribution is 5.78. The highest BCUT2D eigenvalue weighted by Crippen LogP contribution is 2.03. The molecule has 1 aromatic heterocycles. The molecule has 0 saturated carbocycles. The third-order valence-electron chi connectivity index (χ3n) is 2.26. The predicted molar refractivity (Wildman–Crippen MR) is 57.6 cm³/mol. The van der Waals surface area contributed by atoms with Crippen LogP contribution >= 0.6 is 0 Å². The summed E-state index contributed by atoms with van der Waals surface area (Å²) in [4.78, 5) is 15.4. The molecule has 0 unspecified atom stereocenters. The van der Waals surface area contributed by atoms with E-state index in [4.69, 9.17) is 0 Å². The Morgan fingerprint density at radius 3 is 2.73 bits per heavy atom. The standard InChI is InChI=1S/C12H12N2O/c15-12(14-9-8-13-10-14)7-6-11-4-2-1-3-5-11/h1-5,8-10H,6-7H2. The van der Waals surface area contributed by atoms with Crippen LogP contribution in [0.5, 0.6) is 0 Å². The minimum atomic E-state index is 0.0800. The summed E-state index contributed by atoms with van der Waals surface area (Å²) in [5, 5.41) is 0. The van der Waals surface area contributed by atoms with E-state index in [0.29, 0.717) is 6.42 Å². The summed E-state index contributed by atoms with van der Waals surface area (Å²) >= 11 is 0. The average molecular weight is 200 g/mol. The van der Waals surface area contributed by atoms with E-state index in [1.807, 2.05) is 30.3 Å². The molecule has 2 aromatic rings. The van der Waals surface area contributed by atoms with Gasteiger partial charge < -0.3 is 0 Å². The van der Waals surface area contributed by atoms with Gasteiger partial charge in [-0.2, -0.15) is 0 Å². The van der Waals surface area contributed by atoms with Crippen molar-refractivity contribution in [2.24, 2.45) is 0 Å². The largest absolute Gasteiger partial charge is 0.276 e. The van der Waals surface area contributed by atoms with Gasteiger partial charge in [-0.3, -0.25) is 9.36 Å². The highest BCUT2D eigenvalue weighted by atomic mass is 16.2. The minimum absolute atomic E-state index is 0.0800. The lowest BCUT2D eigenvalue weighted by Gasteiger charge is -2.01. The number of hydrogen-bond acceptors (Lipinski definition) is 2. The van der Waals surface area contributed by atoms with Gasteiger partial charge in [0.2, 0.25) is 5.91 Å². The van der Waals surface area contributed by atoms with E-state index in [-0.39, 0.29) is 5.91 Å². The van der Waals surface area contributed by atoms with E-state index in [1.165, 1.54) is 16.5 Å². The lowest BCUT2D eigenvalue weighted by atomic mass is 10.1. The molecule has 0 atom stereocenters. The quantitative estimate of drug-likeness (QED) is 0.761. The molecule has 0 radical (unpaired) electrons. The fourth-order valence-electron chi connectivity index (χ4n) is 1.43. The zero-order valence-corrected chi connectivity index (χ0v) is 8.34. The summed E-state index contributed by atoms with van der Waals surface area (Å²) in [6, 6.07) is 10.00. The SMILES string of the molecule is O=C(CCc1ccccc1)n1ccnc1. The van der Waals surface area contributed by atoms with Crippen molar-refractivity contribution in [3.05, 3.63) is 54.6 Å². The number of rotatable bonds is 3. The van der Waals surface area contributed by atoms with Gasteiger partial charge in [-0.25, -0.2) is 4.98 Å². The molecule has 0 bridgehead atoms. The number of carbonyl (C=O) groups is 1. The van der Waals surface area contributed by atoms with Crippen molar-refractivity contribution in [1.82, 2.24) is 9.55 Å². The molecule has 0 amide bonds. The smallest absolute Gasteiger partial charge is 0.232 e. The minimum Gasteiger partial charge on any atom is -0.276 e. The normalized spacial score (nSPS) is 10.1. The number of hydrogen-bond donors (Lipinski definition) is 0. The Kier molecular flexibility index (Phi) is 2.93. The van der Waals surface area contributed by atoms with Crippen LogP contribution in [0.4, 0.5) is 0 Å². The van der Waals surface area contributed by atoms with Crippen molar-refractivity contribution >= 4 is 5.91 Å². The number of imidazole rings is 1. The lowest BCUT2D eigenvalue weighted by molar-refractivity contribution is 0.0903. The topological polar surface area (TPSA) is 34.9 Å². The predicted octanol–water partition coefficient (Wildman–Crippen LogP) is 2.16. The van der Waals surface area contributed by atoms with Gasteiger partial charge in [0, 0.05) is 18.8 Å². The van der Waals surface area contributed by atoms with Crippen LogP contribution in [0.15, 0.2) is 49.1 Å². The molecule has 15 heavy (non-hydrogen) atoms. The zero-order valence-electron chi connectivity index (χ0n) is 8.34. The van der Waals surface area contributed by atoms with Gasteiger partial charge in [0.25, 0.3) is 0 Å². The van der Waals surface area contributed by atoms with E-state index in [2.05, 4.69) is 4.98 Å². The van der Waals surface area contributed by atoms with Gasteiger partial charge in [0.05, 0.1) is 0 Å². The van der Waals surface area contributed by atoms with Gasteiger partial charge in [-0.05, 0) is 12.0 Å². The number of nitrogens with zero attached hydrogens (tertiary/aromatic N) is 2. The Morgan fingerprint density at radius 2 is 2.07 bits per heavy atom. The Labute approximate surface area is 88.4 Å². The zero-order chi connectivity index (χ0) is 10.5. The first kappa shape index (κ1) is 9.65. The first-order chi connectivity index (χ1) is 7.36.